The second-order valence-electron chi connectivity index (χ2n) is 4.47. The van der Waals surface area contributed by atoms with Gasteiger partial charge in [0.1, 0.15) is 6.67 Å². The number of para-hydroxylation sites is 1. The number of hydrogen-bond donors (Lipinski definition) is 1. The van der Waals surface area contributed by atoms with Gasteiger partial charge in [-0.1, -0.05) is 23.7 Å². The van der Waals surface area contributed by atoms with Gasteiger partial charge in [-0.15, -0.1) is 0 Å². The number of nitrogens with two attached hydrogens (primary N) is 1. The average Bonchev–Trinajstić information content (AvgIpc) is 2.30. The van der Waals surface area contributed by atoms with E-state index in [4.69, 9.17) is 17.3 Å². The zero-order chi connectivity index (χ0) is 11.6. The highest BCUT2D eigenvalue weighted by molar-refractivity contribution is 6.33. The molecule has 0 saturated carbocycles. The minimum absolute atomic E-state index is 0.478. The quantitative estimate of drug-likeness (QED) is 0.864. The van der Waals surface area contributed by atoms with Gasteiger partial charge in [-0.3, -0.25) is 0 Å². The summed E-state index contributed by atoms with van der Waals surface area (Å²) in [5, 5.41) is 0.700. The molecule has 1 saturated heterocycles. The van der Waals surface area contributed by atoms with Crippen LogP contribution in [0.15, 0.2) is 24.3 Å². The molecule has 2 rings (SSSR count). The van der Waals surface area contributed by atoms with Crippen LogP contribution in [0.2, 0.25) is 5.02 Å². The van der Waals surface area contributed by atoms with Crippen LogP contribution in [0.25, 0.3) is 0 Å². The smallest absolute Gasteiger partial charge is 0.109 e. The van der Waals surface area contributed by atoms with Crippen molar-refractivity contribution in [1.82, 2.24) is 0 Å². The molecule has 2 N–H and O–H groups in total. The molecule has 1 aromatic rings. The molecular weight excluding hydrogens is 227 g/mol. The molecule has 1 heterocycles. The standard InChI is InChI=1S/C12H16ClFN2/c13-10-4-1-2-5-11(10)16-7-3-6-12(15,8-14)9-16/h1-2,4-5H,3,6-9,15H2. The SMILES string of the molecule is NC1(CF)CCCN(c2ccccc2Cl)C1. The number of nitrogens with zero attached hydrogens (tertiary/aromatic N) is 1. The van der Waals surface area contributed by atoms with Crippen LogP contribution in [0.5, 0.6) is 0 Å². The van der Waals surface area contributed by atoms with Crippen molar-refractivity contribution in [2.24, 2.45) is 5.73 Å². The van der Waals surface area contributed by atoms with E-state index in [-0.39, 0.29) is 0 Å². The molecule has 4 heteroatoms. The van der Waals surface area contributed by atoms with Gasteiger partial charge in [0.25, 0.3) is 0 Å². The Morgan fingerprint density at radius 3 is 2.88 bits per heavy atom. The molecule has 1 aromatic carbocycles. The van der Waals surface area contributed by atoms with Gasteiger partial charge >= 0.3 is 0 Å². The first-order valence-electron chi connectivity index (χ1n) is 5.49. The second-order valence-corrected chi connectivity index (χ2v) is 4.88. The Kier molecular flexibility index (Phi) is 3.36. The Morgan fingerprint density at radius 1 is 1.44 bits per heavy atom. The van der Waals surface area contributed by atoms with Gasteiger partial charge in [0.2, 0.25) is 0 Å². The molecule has 16 heavy (non-hydrogen) atoms. The maximum atomic E-state index is 12.9. The Balaban J connectivity index is 2.19. The zero-order valence-electron chi connectivity index (χ0n) is 9.13. The molecule has 0 aliphatic carbocycles. The maximum absolute atomic E-state index is 12.9. The van der Waals surface area contributed by atoms with E-state index < -0.39 is 12.2 Å². The molecule has 0 bridgehead atoms. The lowest BCUT2D eigenvalue weighted by molar-refractivity contribution is 0.264. The summed E-state index contributed by atoms with van der Waals surface area (Å²) in [6.45, 7) is 0.948. The third-order valence-corrected chi connectivity index (χ3v) is 3.39. The Bertz CT molecular complexity index is 372. The van der Waals surface area contributed by atoms with Crippen molar-refractivity contribution in [3.05, 3.63) is 29.3 Å². The molecule has 0 aromatic heterocycles. The van der Waals surface area contributed by atoms with Crippen LogP contribution in [0, 0.1) is 0 Å². The molecule has 1 atom stereocenters. The van der Waals surface area contributed by atoms with E-state index in [2.05, 4.69) is 4.90 Å². The summed E-state index contributed by atoms with van der Waals surface area (Å²) in [7, 11) is 0. The van der Waals surface area contributed by atoms with Crippen LogP contribution in [-0.2, 0) is 0 Å². The molecule has 1 unspecified atom stereocenters. The van der Waals surface area contributed by atoms with Gasteiger partial charge in [-0.25, -0.2) is 4.39 Å². The highest BCUT2D eigenvalue weighted by atomic mass is 35.5. The Labute approximate surface area is 100 Å². The van der Waals surface area contributed by atoms with Gasteiger partial charge in [-0.2, -0.15) is 0 Å². The monoisotopic (exact) mass is 242 g/mol. The average molecular weight is 243 g/mol. The largest absolute Gasteiger partial charge is 0.368 e. The van der Waals surface area contributed by atoms with Crippen molar-refractivity contribution >= 4 is 17.3 Å². The third-order valence-electron chi connectivity index (χ3n) is 3.07. The van der Waals surface area contributed by atoms with Crippen molar-refractivity contribution in [1.29, 1.82) is 0 Å². The number of benzene rings is 1. The van der Waals surface area contributed by atoms with E-state index in [0.29, 0.717) is 11.6 Å². The molecule has 1 fully saturated rings. The lowest BCUT2D eigenvalue weighted by Gasteiger charge is -2.40. The predicted octanol–water partition coefficient (Wildman–Crippen LogP) is 2.61. The van der Waals surface area contributed by atoms with E-state index in [1.165, 1.54) is 0 Å². The van der Waals surface area contributed by atoms with Gasteiger partial charge in [-0.05, 0) is 25.0 Å². The van der Waals surface area contributed by atoms with Crippen LogP contribution in [-0.4, -0.2) is 25.3 Å². The summed E-state index contributed by atoms with van der Waals surface area (Å²) in [5.74, 6) is 0. The lowest BCUT2D eigenvalue weighted by Crippen LogP contribution is -2.56. The molecule has 0 radical (unpaired) electrons. The normalized spacial score (nSPS) is 25.8. The predicted molar refractivity (Wildman–Crippen MR) is 65.8 cm³/mol. The second kappa shape index (κ2) is 4.60. The summed E-state index contributed by atoms with van der Waals surface area (Å²) >= 11 is 6.12. The maximum Gasteiger partial charge on any atom is 0.109 e. The fourth-order valence-corrected chi connectivity index (χ4v) is 2.44. The van der Waals surface area contributed by atoms with Gasteiger partial charge in [0.15, 0.2) is 0 Å². The molecule has 0 amide bonds. The highest BCUT2D eigenvalue weighted by Gasteiger charge is 2.32. The van der Waals surface area contributed by atoms with Crippen molar-refractivity contribution in [2.45, 2.75) is 18.4 Å². The summed E-state index contributed by atoms with van der Waals surface area (Å²) in [6.07, 6.45) is 1.65. The molecule has 1 aliphatic heterocycles. The topological polar surface area (TPSA) is 29.3 Å². The lowest BCUT2D eigenvalue weighted by atomic mass is 9.91. The van der Waals surface area contributed by atoms with Crippen molar-refractivity contribution in [3.8, 4) is 0 Å². The van der Waals surface area contributed by atoms with Crippen molar-refractivity contribution in [3.63, 3.8) is 0 Å². The van der Waals surface area contributed by atoms with Crippen LogP contribution in [0.4, 0.5) is 10.1 Å². The van der Waals surface area contributed by atoms with Crippen molar-refractivity contribution in [2.75, 3.05) is 24.7 Å². The van der Waals surface area contributed by atoms with Gasteiger partial charge in [0, 0.05) is 13.1 Å². The van der Waals surface area contributed by atoms with Crippen LogP contribution >= 0.6 is 11.6 Å². The van der Waals surface area contributed by atoms with Crippen LogP contribution < -0.4 is 10.6 Å². The summed E-state index contributed by atoms with van der Waals surface area (Å²) in [4.78, 5) is 2.07. The minimum atomic E-state index is -0.711. The Morgan fingerprint density at radius 2 is 2.19 bits per heavy atom. The van der Waals surface area contributed by atoms with Crippen LogP contribution in [0.1, 0.15) is 12.8 Å². The third kappa shape index (κ3) is 2.30. The zero-order valence-corrected chi connectivity index (χ0v) is 9.88. The number of rotatable bonds is 2. The summed E-state index contributed by atoms with van der Waals surface area (Å²) < 4.78 is 12.9. The first kappa shape index (κ1) is 11.7. The molecule has 88 valence electrons. The van der Waals surface area contributed by atoms with E-state index in [1.807, 2.05) is 24.3 Å². The van der Waals surface area contributed by atoms with Crippen LogP contribution in [0.3, 0.4) is 0 Å². The number of hydrogen-bond acceptors (Lipinski definition) is 2. The molecule has 1 aliphatic rings. The van der Waals surface area contributed by atoms with E-state index in [0.717, 1.165) is 25.1 Å². The van der Waals surface area contributed by atoms with Gasteiger partial charge in [0.05, 0.1) is 16.2 Å². The Hall–Kier alpha value is -0.800. The number of alkyl halides is 1. The number of piperidine rings is 1. The number of anilines is 1. The summed E-state index contributed by atoms with van der Waals surface area (Å²) in [6, 6.07) is 7.62. The van der Waals surface area contributed by atoms with Crippen molar-refractivity contribution < 1.29 is 4.39 Å². The van der Waals surface area contributed by atoms with E-state index in [1.54, 1.807) is 0 Å². The van der Waals surface area contributed by atoms with E-state index in [9.17, 15) is 4.39 Å². The molecule has 2 nitrogen and oxygen atoms in total. The summed E-state index contributed by atoms with van der Waals surface area (Å²) in [5.41, 5.74) is 6.22. The molecular formula is C12H16ClFN2. The van der Waals surface area contributed by atoms with E-state index >= 15 is 0 Å². The highest BCUT2D eigenvalue weighted by Crippen LogP contribution is 2.30. The first-order chi connectivity index (χ1) is 7.64. The van der Waals surface area contributed by atoms with Gasteiger partial charge < -0.3 is 10.6 Å². The molecule has 0 spiro atoms. The number of halogens is 2. The fraction of sp³-hybridized carbons (Fsp3) is 0.500. The first-order valence-corrected chi connectivity index (χ1v) is 5.87. The fourth-order valence-electron chi connectivity index (χ4n) is 2.18. The minimum Gasteiger partial charge on any atom is -0.368 e.